The van der Waals surface area contributed by atoms with Crippen molar-refractivity contribution in [2.75, 3.05) is 11.1 Å². The predicted molar refractivity (Wildman–Crippen MR) is 60.8 cm³/mol. The van der Waals surface area contributed by atoms with Crippen LogP contribution in [0.5, 0.6) is 0 Å². The van der Waals surface area contributed by atoms with E-state index in [2.05, 4.69) is 15.3 Å². The predicted octanol–water partition coefficient (Wildman–Crippen LogP) is 1.31. The molecule has 5 heteroatoms. The van der Waals surface area contributed by atoms with Crippen LogP contribution in [0.3, 0.4) is 0 Å². The van der Waals surface area contributed by atoms with E-state index in [1.54, 1.807) is 36.8 Å². The zero-order valence-electron chi connectivity index (χ0n) is 8.42. The van der Waals surface area contributed by atoms with Gasteiger partial charge in [0, 0.05) is 24.2 Å². The third-order valence-electron chi connectivity index (χ3n) is 2.04. The fraction of sp³-hybridized carbons (Fsp3) is 0. The Labute approximate surface area is 92.3 Å². The summed E-state index contributed by atoms with van der Waals surface area (Å²) in [6.07, 6.45) is 6.18. The van der Waals surface area contributed by atoms with Crippen LogP contribution < -0.4 is 11.1 Å². The topological polar surface area (TPSA) is 80.9 Å². The molecule has 0 saturated heterocycles. The lowest BCUT2D eigenvalue weighted by molar-refractivity contribution is 0.102. The number of nitrogen functional groups attached to an aromatic ring is 1. The zero-order chi connectivity index (χ0) is 11.4. The third-order valence-corrected chi connectivity index (χ3v) is 2.04. The van der Waals surface area contributed by atoms with Crippen LogP contribution in [0.1, 0.15) is 10.4 Å². The molecule has 2 rings (SSSR count). The molecule has 0 fully saturated rings. The Kier molecular flexibility index (Phi) is 2.77. The maximum Gasteiger partial charge on any atom is 0.255 e. The number of aromatic nitrogens is 2. The summed E-state index contributed by atoms with van der Waals surface area (Å²) < 4.78 is 0. The quantitative estimate of drug-likeness (QED) is 0.789. The summed E-state index contributed by atoms with van der Waals surface area (Å²) >= 11 is 0. The molecule has 0 spiro atoms. The van der Waals surface area contributed by atoms with E-state index in [0.717, 1.165) is 0 Å². The zero-order valence-corrected chi connectivity index (χ0v) is 8.42. The standard InChI is InChI=1S/C11H10N4O/c12-9-7-14-6-3-10(9)15-11(16)8-1-4-13-5-2-8/h1-7H,12H2,(H,14,15,16). The van der Waals surface area contributed by atoms with E-state index in [1.165, 1.54) is 6.20 Å². The normalized spacial score (nSPS) is 9.75. The number of amides is 1. The van der Waals surface area contributed by atoms with Gasteiger partial charge in [-0.1, -0.05) is 0 Å². The van der Waals surface area contributed by atoms with Gasteiger partial charge in [0.1, 0.15) is 0 Å². The number of nitrogens with zero attached hydrogens (tertiary/aromatic N) is 2. The molecule has 2 heterocycles. The molecule has 2 aromatic rings. The Bertz CT molecular complexity index is 498. The van der Waals surface area contributed by atoms with E-state index in [-0.39, 0.29) is 5.91 Å². The number of carbonyl (C=O) groups is 1. The maximum absolute atomic E-state index is 11.8. The lowest BCUT2D eigenvalue weighted by atomic mass is 10.2. The van der Waals surface area contributed by atoms with E-state index in [1.807, 2.05) is 0 Å². The first-order valence-electron chi connectivity index (χ1n) is 4.68. The van der Waals surface area contributed by atoms with Crippen LogP contribution in [0.2, 0.25) is 0 Å². The number of anilines is 2. The largest absolute Gasteiger partial charge is 0.396 e. The molecular weight excluding hydrogens is 204 g/mol. The van der Waals surface area contributed by atoms with Gasteiger partial charge in [0.2, 0.25) is 0 Å². The molecule has 0 aliphatic heterocycles. The summed E-state index contributed by atoms with van der Waals surface area (Å²) in [6, 6.07) is 4.91. The number of hydrogen-bond acceptors (Lipinski definition) is 4. The van der Waals surface area contributed by atoms with Crippen molar-refractivity contribution in [3.05, 3.63) is 48.5 Å². The van der Waals surface area contributed by atoms with Gasteiger partial charge in [0.05, 0.1) is 17.6 Å². The van der Waals surface area contributed by atoms with Crippen LogP contribution in [0.25, 0.3) is 0 Å². The average Bonchev–Trinajstić information content (AvgIpc) is 2.33. The molecule has 0 aliphatic carbocycles. The summed E-state index contributed by atoms with van der Waals surface area (Å²) in [5.41, 5.74) is 7.18. The lowest BCUT2D eigenvalue weighted by Crippen LogP contribution is -2.13. The fourth-order valence-corrected chi connectivity index (χ4v) is 1.22. The Hall–Kier alpha value is -2.43. The van der Waals surface area contributed by atoms with Crippen LogP contribution in [0.15, 0.2) is 43.0 Å². The Morgan fingerprint density at radius 2 is 1.81 bits per heavy atom. The molecule has 16 heavy (non-hydrogen) atoms. The highest BCUT2D eigenvalue weighted by Gasteiger charge is 2.06. The van der Waals surface area contributed by atoms with E-state index in [9.17, 15) is 4.79 Å². The molecule has 0 atom stereocenters. The molecule has 1 amide bonds. The highest BCUT2D eigenvalue weighted by molar-refractivity contribution is 6.05. The Morgan fingerprint density at radius 1 is 1.12 bits per heavy atom. The molecule has 5 nitrogen and oxygen atoms in total. The summed E-state index contributed by atoms with van der Waals surface area (Å²) in [7, 11) is 0. The first kappa shape index (κ1) is 10.1. The Balaban J connectivity index is 2.18. The number of carbonyl (C=O) groups excluding carboxylic acids is 1. The van der Waals surface area contributed by atoms with E-state index in [4.69, 9.17) is 5.73 Å². The van der Waals surface area contributed by atoms with E-state index >= 15 is 0 Å². The second-order valence-corrected chi connectivity index (χ2v) is 3.15. The van der Waals surface area contributed by atoms with Gasteiger partial charge in [0.15, 0.2) is 0 Å². The number of nitrogens with two attached hydrogens (primary N) is 1. The molecule has 0 saturated carbocycles. The van der Waals surface area contributed by atoms with Crippen molar-refractivity contribution in [3.63, 3.8) is 0 Å². The van der Waals surface area contributed by atoms with Gasteiger partial charge in [-0.25, -0.2) is 0 Å². The van der Waals surface area contributed by atoms with E-state index in [0.29, 0.717) is 16.9 Å². The van der Waals surface area contributed by atoms with Crippen LogP contribution in [0, 0.1) is 0 Å². The smallest absolute Gasteiger partial charge is 0.255 e. The van der Waals surface area contributed by atoms with Crippen molar-refractivity contribution in [1.82, 2.24) is 9.97 Å². The molecule has 3 N–H and O–H groups in total. The highest BCUT2D eigenvalue weighted by Crippen LogP contribution is 2.16. The van der Waals surface area contributed by atoms with Gasteiger partial charge in [-0.15, -0.1) is 0 Å². The molecule has 0 aromatic carbocycles. The van der Waals surface area contributed by atoms with Crippen molar-refractivity contribution >= 4 is 17.3 Å². The highest BCUT2D eigenvalue weighted by atomic mass is 16.1. The minimum Gasteiger partial charge on any atom is -0.396 e. The van der Waals surface area contributed by atoms with Gasteiger partial charge in [0.25, 0.3) is 5.91 Å². The lowest BCUT2D eigenvalue weighted by Gasteiger charge is -2.06. The monoisotopic (exact) mass is 214 g/mol. The van der Waals surface area contributed by atoms with Crippen molar-refractivity contribution in [3.8, 4) is 0 Å². The van der Waals surface area contributed by atoms with E-state index < -0.39 is 0 Å². The minimum absolute atomic E-state index is 0.222. The molecule has 0 aliphatic rings. The molecule has 2 aromatic heterocycles. The van der Waals surface area contributed by atoms with Gasteiger partial charge in [-0.05, 0) is 18.2 Å². The van der Waals surface area contributed by atoms with Crippen LogP contribution in [0.4, 0.5) is 11.4 Å². The fourth-order valence-electron chi connectivity index (χ4n) is 1.22. The van der Waals surface area contributed by atoms with Crippen LogP contribution >= 0.6 is 0 Å². The molecule has 0 bridgehead atoms. The van der Waals surface area contributed by atoms with Crippen molar-refractivity contribution in [2.24, 2.45) is 0 Å². The van der Waals surface area contributed by atoms with Gasteiger partial charge >= 0.3 is 0 Å². The first-order chi connectivity index (χ1) is 7.77. The van der Waals surface area contributed by atoms with Crippen molar-refractivity contribution < 1.29 is 4.79 Å². The Morgan fingerprint density at radius 3 is 2.50 bits per heavy atom. The molecule has 80 valence electrons. The third kappa shape index (κ3) is 2.14. The summed E-state index contributed by atoms with van der Waals surface area (Å²) in [4.78, 5) is 19.4. The number of hydrogen-bond donors (Lipinski definition) is 2. The maximum atomic E-state index is 11.8. The molecule has 0 unspecified atom stereocenters. The second-order valence-electron chi connectivity index (χ2n) is 3.15. The number of rotatable bonds is 2. The number of pyridine rings is 2. The van der Waals surface area contributed by atoms with Gasteiger partial charge < -0.3 is 11.1 Å². The molecule has 0 radical (unpaired) electrons. The summed E-state index contributed by atoms with van der Waals surface area (Å²) in [5, 5.41) is 2.69. The average molecular weight is 214 g/mol. The number of nitrogens with one attached hydrogen (secondary N) is 1. The SMILES string of the molecule is Nc1cnccc1NC(=O)c1ccncc1. The van der Waals surface area contributed by atoms with Gasteiger partial charge in [-0.3, -0.25) is 14.8 Å². The second kappa shape index (κ2) is 4.39. The van der Waals surface area contributed by atoms with Crippen LogP contribution in [-0.4, -0.2) is 15.9 Å². The minimum atomic E-state index is -0.222. The van der Waals surface area contributed by atoms with Crippen molar-refractivity contribution in [1.29, 1.82) is 0 Å². The first-order valence-corrected chi connectivity index (χ1v) is 4.68. The molecular formula is C11H10N4O. The summed E-state index contributed by atoms with van der Waals surface area (Å²) in [5.74, 6) is -0.222. The summed E-state index contributed by atoms with van der Waals surface area (Å²) in [6.45, 7) is 0. The van der Waals surface area contributed by atoms with Crippen LogP contribution in [-0.2, 0) is 0 Å². The van der Waals surface area contributed by atoms with Gasteiger partial charge in [-0.2, -0.15) is 0 Å². The van der Waals surface area contributed by atoms with Crippen molar-refractivity contribution in [2.45, 2.75) is 0 Å².